The summed E-state index contributed by atoms with van der Waals surface area (Å²) in [5, 5.41) is 4.56. The maximum atomic E-state index is 12.7. The molecule has 0 saturated heterocycles. The molecule has 1 amide bonds. The molecule has 0 fully saturated rings. The highest BCUT2D eigenvalue weighted by Crippen LogP contribution is 2.28. The maximum absolute atomic E-state index is 12.7. The molecule has 2 aromatic heterocycles. The third-order valence-corrected chi connectivity index (χ3v) is 7.01. The number of rotatable bonds is 8. The molecule has 4 rings (SSSR count). The molecule has 0 spiro atoms. The third-order valence-electron chi connectivity index (χ3n) is 5.37. The molecule has 0 saturated carbocycles. The monoisotopic (exact) mass is 554 g/mol. The van der Waals surface area contributed by atoms with Gasteiger partial charge in [-0.1, -0.05) is 28.1 Å². The van der Waals surface area contributed by atoms with Gasteiger partial charge in [0.25, 0.3) is 11.5 Å². The molecule has 0 bridgehead atoms. The maximum Gasteiger partial charge on any atom is 0.262 e. The summed E-state index contributed by atoms with van der Waals surface area (Å²) in [6.45, 7) is 4.05. The molecule has 0 radical (unpaired) electrons. The van der Waals surface area contributed by atoms with E-state index in [9.17, 15) is 9.59 Å². The zero-order valence-corrected chi connectivity index (χ0v) is 21.8. The van der Waals surface area contributed by atoms with Gasteiger partial charge in [0.2, 0.25) is 0 Å². The van der Waals surface area contributed by atoms with E-state index in [1.807, 2.05) is 38.1 Å². The largest absolute Gasteiger partial charge is 0.493 e. The number of carbonyl (C=O) groups is 1. The number of carbonyl (C=O) groups excluding carboxylic acids is 1. The number of amides is 1. The lowest BCUT2D eigenvalue weighted by Gasteiger charge is -2.11. The second kappa shape index (κ2) is 10.8. The summed E-state index contributed by atoms with van der Waals surface area (Å²) in [6, 6.07) is 13.2. The van der Waals surface area contributed by atoms with Crippen molar-refractivity contribution >= 4 is 49.6 Å². The number of ether oxygens (including phenoxy) is 2. The Labute approximate surface area is 214 Å². The molecular weight excluding hydrogens is 532 g/mol. The van der Waals surface area contributed by atoms with Crippen molar-refractivity contribution in [3.63, 3.8) is 0 Å². The van der Waals surface area contributed by atoms with Gasteiger partial charge in [0, 0.05) is 9.35 Å². The van der Waals surface area contributed by atoms with E-state index < -0.39 is 5.91 Å². The Bertz CT molecular complexity index is 1460. The van der Waals surface area contributed by atoms with Crippen molar-refractivity contribution in [3.05, 3.63) is 85.2 Å². The van der Waals surface area contributed by atoms with E-state index in [1.165, 1.54) is 28.4 Å². The van der Waals surface area contributed by atoms with E-state index in [1.54, 1.807) is 25.3 Å². The molecular formula is C25H23BrN4O4S. The number of thiophene rings is 1. The van der Waals surface area contributed by atoms with Gasteiger partial charge in [-0.2, -0.15) is 5.10 Å². The van der Waals surface area contributed by atoms with E-state index in [-0.39, 0.29) is 12.1 Å². The minimum Gasteiger partial charge on any atom is -0.493 e. The number of hydrazone groups is 1. The number of hydrogen-bond donors (Lipinski definition) is 1. The molecule has 0 aliphatic heterocycles. The van der Waals surface area contributed by atoms with Crippen molar-refractivity contribution in [2.75, 3.05) is 7.11 Å². The molecule has 2 heterocycles. The van der Waals surface area contributed by atoms with Gasteiger partial charge in [-0.25, -0.2) is 10.4 Å². The highest BCUT2D eigenvalue weighted by atomic mass is 79.9. The van der Waals surface area contributed by atoms with Crippen LogP contribution in [0.2, 0.25) is 0 Å². The fourth-order valence-corrected chi connectivity index (χ4v) is 4.63. The minimum atomic E-state index is -0.435. The molecule has 35 heavy (non-hydrogen) atoms. The third kappa shape index (κ3) is 5.77. The standard InChI is InChI=1S/C25H23BrN4O4S/c1-15-16(2)35-24-23(15)25(32)30(14-27-24)12-22(31)29-28-11-18-6-9-20(21(10-18)33-3)34-13-17-4-7-19(26)8-5-17/h4-11,14H,12-13H2,1-3H3,(H,29,31)/b28-11-. The molecule has 0 unspecified atom stereocenters. The predicted molar refractivity (Wildman–Crippen MR) is 141 cm³/mol. The first-order valence-electron chi connectivity index (χ1n) is 10.7. The molecule has 0 atom stereocenters. The van der Waals surface area contributed by atoms with Crippen LogP contribution in [0.1, 0.15) is 21.6 Å². The first-order valence-corrected chi connectivity index (χ1v) is 12.3. The van der Waals surface area contributed by atoms with Gasteiger partial charge in [0.05, 0.1) is 25.0 Å². The zero-order valence-electron chi connectivity index (χ0n) is 19.4. The van der Waals surface area contributed by atoms with Gasteiger partial charge in [-0.05, 0) is 60.9 Å². The van der Waals surface area contributed by atoms with Crippen LogP contribution in [0.3, 0.4) is 0 Å². The summed E-state index contributed by atoms with van der Waals surface area (Å²) in [7, 11) is 1.56. The second-order valence-electron chi connectivity index (χ2n) is 7.76. The van der Waals surface area contributed by atoms with E-state index in [2.05, 4.69) is 31.4 Å². The Morgan fingerprint density at radius 3 is 2.71 bits per heavy atom. The molecule has 10 heteroatoms. The number of halogens is 1. The highest BCUT2D eigenvalue weighted by Gasteiger charge is 2.13. The number of nitrogens with zero attached hydrogens (tertiary/aromatic N) is 3. The van der Waals surface area contributed by atoms with Crippen LogP contribution in [0.15, 0.2) is 63.2 Å². The van der Waals surface area contributed by atoms with Crippen LogP contribution in [0, 0.1) is 13.8 Å². The summed E-state index contributed by atoms with van der Waals surface area (Å²) >= 11 is 4.89. The van der Waals surface area contributed by atoms with E-state index in [0.717, 1.165) is 20.5 Å². The predicted octanol–water partition coefficient (Wildman–Crippen LogP) is 4.58. The second-order valence-corrected chi connectivity index (χ2v) is 9.88. The van der Waals surface area contributed by atoms with Gasteiger partial charge in [-0.3, -0.25) is 14.2 Å². The minimum absolute atomic E-state index is 0.181. The quantitative estimate of drug-likeness (QED) is 0.254. The van der Waals surface area contributed by atoms with Crippen LogP contribution in [-0.2, 0) is 17.9 Å². The Morgan fingerprint density at radius 1 is 1.20 bits per heavy atom. The summed E-state index contributed by atoms with van der Waals surface area (Å²) in [4.78, 5) is 31.1. The van der Waals surface area contributed by atoms with Crippen molar-refractivity contribution in [2.24, 2.45) is 5.10 Å². The van der Waals surface area contributed by atoms with Crippen molar-refractivity contribution in [2.45, 2.75) is 27.0 Å². The van der Waals surface area contributed by atoms with Gasteiger partial charge < -0.3 is 9.47 Å². The van der Waals surface area contributed by atoms with Crippen molar-refractivity contribution in [1.82, 2.24) is 15.0 Å². The van der Waals surface area contributed by atoms with Crippen LogP contribution in [0.5, 0.6) is 11.5 Å². The summed E-state index contributed by atoms with van der Waals surface area (Å²) < 4.78 is 13.6. The average molecular weight is 555 g/mol. The molecule has 8 nitrogen and oxygen atoms in total. The van der Waals surface area contributed by atoms with Crippen molar-refractivity contribution in [1.29, 1.82) is 0 Å². The summed E-state index contributed by atoms with van der Waals surface area (Å²) in [5.74, 6) is 0.707. The summed E-state index contributed by atoms with van der Waals surface area (Å²) in [5.41, 5.74) is 4.85. The fourth-order valence-electron chi connectivity index (χ4n) is 3.38. The summed E-state index contributed by atoms with van der Waals surface area (Å²) in [6.07, 6.45) is 2.89. The van der Waals surface area contributed by atoms with Crippen LogP contribution in [-0.4, -0.2) is 28.8 Å². The molecule has 2 aromatic carbocycles. The van der Waals surface area contributed by atoms with Crippen molar-refractivity contribution < 1.29 is 14.3 Å². The SMILES string of the molecule is COc1cc(/C=N\NC(=O)Cn2cnc3sc(C)c(C)c3c2=O)ccc1OCc1ccc(Br)cc1. The molecule has 0 aliphatic rings. The number of methoxy groups -OCH3 is 1. The van der Waals surface area contributed by atoms with E-state index in [4.69, 9.17) is 9.47 Å². The number of fused-ring (bicyclic) bond motifs is 1. The molecule has 180 valence electrons. The van der Waals surface area contributed by atoms with E-state index >= 15 is 0 Å². The van der Waals surface area contributed by atoms with Crippen molar-refractivity contribution in [3.8, 4) is 11.5 Å². The van der Waals surface area contributed by atoms with Gasteiger partial charge in [0.15, 0.2) is 11.5 Å². The van der Waals surface area contributed by atoms with Crippen LogP contribution >= 0.6 is 27.3 Å². The number of aryl methyl sites for hydroxylation is 2. The topological polar surface area (TPSA) is 94.8 Å². The van der Waals surface area contributed by atoms with Gasteiger partial charge in [-0.15, -0.1) is 11.3 Å². The van der Waals surface area contributed by atoms with Crippen LogP contribution in [0.4, 0.5) is 0 Å². The first-order chi connectivity index (χ1) is 16.9. The zero-order chi connectivity index (χ0) is 24.9. The Hall–Kier alpha value is -3.50. The fraction of sp³-hybridized carbons (Fsp3) is 0.200. The molecule has 4 aromatic rings. The Balaban J connectivity index is 1.38. The molecule has 0 aliphatic carbocycles. The Morgan fingerprint density at radius 2 is 1.97 bits per heavy atom. The Kier molecular flexibility index (Phi) is 7.62. The number of hydrogen-bond acceptors (Lipinski definition) is 7. The lowest BCUT2D eigenvalue weighted by molar-refractivity contribution is -0.121. The molecule has 1 N–H and O–H groups in total. The number of benzene rings is 2. The number of nitrogens with one attached hydrogen (secondary N) is 1. The smallest absolute Gasteiger partial charge is 0.262 e. The van der Waals surface area contributed by atoms with Gasteiger partial charge in [0.1, 0.15) is 18.0 Å². The lowest BCUT2D eigenvalue weighted by atomic mass is 10.2. The number of aromatic nitrogens is 2. The van der Waals surface area contributed by atoms with E-state index in [0.29, 0.717) is 33.9 Å². The normalized spacial score (nSPS) is 11.2. The highest BCUT2D eigenvalue weighted by molar-refractivity contribution is 9.10. The van der Waals surface area contributed by atoms with Crippen LogP contribution < -0.4 is 20.5 Å². The average Bonchev–Trinajstić information content (AvgIpc) is 3.14. The van der Waals surface area contributed by atoms with Crippen LogP contribution in [0.25, 0.3) is 10.2 Å². The lowest BCUT2D eigenvalue weighted by Crippen LogP contribution is -2.30. The first kappa shape index (κ1) is 24.6. The van der Waals surface area contributed by atoms with Gasteiger partial charge >= 0.3 is 0 Å².